The quantitative estimate of drug-likeness (QED) is 0.461. The zero-order valence-electron chi connectivity index (χ0n) is 10.7. The standard InChI is InChI=1S/C11H23NO3Si/c1-5-14-16(15-6-2)11(13-9-12)8-7-10(3)4/h10-11,16H,5-8H2,1-4H3. The Morgan fingerprint density at radius 1 is 1.12 bits per heavy atom. The first-order valence-corrected chi connectivity index (χ1v) is 7.54. The van der Waals surface area contributed by atoms with Crippen molar-refractivity contribution in [2.24, 2.45) is 5.92 Å². The van der Waals surface area contributed by atoms with Crippen molar-refractivity contribution in [1.29, 1.82) is 5.26 Å². The Morgan fingerprint density at radius 3 is 2.06 bits per heavy atom. The Bertz CT molecular complexity index is 200. The van der Waals surface area contributed by atoms with Gasteiger partial charge in [-0.2, -0.15) is 5.26 Å². The Balaban J connectivity index is 4.26. The summed E-state index contributed by atoms with van der Waals surface area (Å²) in [5, 5.41) is 8.63. The fourth-order valence-electron chi connectivity index (χ4n) is 1.41. The van der Waals surface area contributed by atoms with Crippen LogP contribution in [-0.2, 0) is 13.6 Å². The molecular weight excluding hydrogens is 222 g/mol. The molecule has 0 amide bonds. The van der Waals surface area contributed by atoms with Crippen molar-refractivity contribution < 1.29 is 13.6 Å². The summed E-state index contributed by atoms with van der Waals surface area (Å²) in [6, 6.07) is 0. The zero-order chi connectivity index (χ0) is 12.4. The van der Waals surface area contributed by atoms with E-state index >= 15 is 0 Å². The van der Waals surface area contributed by atoms with Crippen LogP contribution in [0.2, 0.25) is 0 Å². The first-order chi connectivity index (χ1) is 7.65. The number of rotatable bonds is 9. The van der Waals surface area contributed by atoms with Crippen LogP contribution in [0.4, 0.5) is 0 Å². The molecule has 0 bridgehead atoms. The monoisotopic (exact) mass is 245 g/mol. The lowest BCUT2D eigenvalue weighted by Crippen LogP contribution is -2.39. The summed E-state index contributed by atoms with van der Waals surface area (Å²) in [4.78, 5) is 0. The normalized spacial score (nSPS) is 12.8. The largest absolute Gasteiger partial charge is 0.423 e. The van der Waals surface area contributed by atoms with Crippen LogP contribution in [0, 0.1) is 17.4 Å². The van der Waals surface area contributed by atoms with Crippen LogP contribution in [0.15, 0.2) is 0 Å². The fraction of sp³-hybridized carbons (Fsp3) is 0.909. The first kappa shape index (κ1) is 15.4. The molecule has 0 N–H and O–H groups in total. The van der Waals surface area contributed by atoms with Gasteiger partial charge in [0.1, 0.15) is 0 Å². The minimum Gasteiger partial charge on any atom is -0.423 e. The van der Waals surface area contributed by atoms with E-state index in [1.54, 1.807) is 6.26 Å². The maximum Gasteiger partial charge on any atom is 0.364 e. The third kappa shape index (κ3) is 6.83. The van der Waals surface area contributed by atoms with Gasteiger partial charge in [0.2, 0.25) is 0 Å². The van der Waals surface area contributed by atoms with Crippen LogP contribution in [0.25, 0.3) is 0 Å². The summed E-state index contributed by atoms with van der Waals surface area (Å²) in [5.74, 6) is 0.600. The van der Waals surface area contributed by atoms with Gasteiger partial charge in [0, 0.05) is 13.2 Å². The molecule has 0 aromatic heterocycles. The van der Waals surface area contributed by atoms with Crippen molar-refractivity contribution >= 4 is 9.28 Å². The highest BCUT2D eigenvalue weighted by Gasteiger charge is 2.27. The summed E-state index contributed by atoms with van der Waals surface area (Å²) in [5.41, 5.74) is -0.160. The van der Waals surface area contributed by atoms with Gasteiger partial charge in [-0.3, -0.25) is 0 Å². The van der Waals surface area contributed by atoms with E-state index < -0.39 is 9.28 Å². The second-order valence-electron chi connectivity index (χ2n) is 4.00. The molecule has 0 aliphatic rings. The minimum absolute atomic E-state index is 0.160. The van der Waals surface area contributed by atoms with E-state index in [2.05, 4.69) is 13.8 Å². The summed E-state index contributed by atoms with van der Waals surface area (Å²) >= 11 is 0. The van der Waals surface area contributed by atoms with Gasteiger partial charge in [-0.25, -0.2) is 0 Å². The summed E-state index contributed by atoms with van der Waals surface area (Å²) in [6.45, 7) is 9.41. The number of ether oxygens (including phenoxy) is 1. The lowest BCUT2D eigenvalue weighted by atomic mass is 10.1. The minimum atomic E-state index is -1.87. The van der Waals surface area contributed by atoms with Crippen molar-refractivity contribution in [1.82, 2.24) is 0 Å². The van der Waals surface area contributed by atoms with Crippen molar-refractivity contribution in [2.45, 2.75) is 46.3 Å². The van der Waals surface area contributed by atoms with Gasteiger partial charge in [0.05, 0.1) is 0 Å². The van der Waals surface area contributed by atoms with E-state index in [9.17, 15) is 0 Å². The van der Waals surface area contributed by atoms with E-state index in [4.69, 9.17) is 18.9 Å². The Labute approximate surface area is 100 Å². The second kappa shape index (κ2) is 9.64. The average Bonchev–Trinajstić information content (AvgIpc) is 2.24. The van der Waals surface area contributed by atoms with Gasteiger partial charge >= 0.3 is 9.28 Å². The molecule has 0 rings (SSSR count). The highest BCUT2D eigenvalue weighted by atomic mass is 28.3. The molecule has 0 radical (unpaired) electrons. The van der Waals surface area contributed by atoms with Crippen LogP contribution in [-0.4, -0.2) is 28.2 Å². The van der Waals surface area contributed by atoms with Crippen molar-refractivity contribution in [3.05, 3.63) is 0 Å². The summed E-state index contributed by atoms with van der Waals surface area (Å²) < 4.78 is 16.2. The molecule has 0 spiro atoms. The van der Waals surface area contributed by atoms with Crippen LogP contribution < -0.4 is 0 Å². The van der Waals surface area contributed by atoms with E-state index in [1.165, 1.54) is 0 Å². The zero-order valence-corrected chi connectivity index (χ0v) is 11.9. The molecule has 0 saturated carbocycles. The smallest absolute Gasteiger partial charge is 0.364 e. The van der Waals surface area contributed by atoms with Crippen molar-refractivity contribution in [2.75, 3.05) is 13.2 Å². The predicted molar refractivity (Wildman–Crippen MR) is 65.0 cm³/mol. The maximum absolute atomic E-state index is 8.63. The second-order valence-corrected chi connectivity index (χ2v) is 6.14. The molecule has 0 aliphatic heterocycles. The molecule has 0 saturated heterocycles. The van der Waals surface area contributed by atoms with E-state index in [0.29, 0.717) is 19.1 Å². The third-order valence-electron chi connectivity index (χ3n) is 2.20. The molecule has 1 atom stereocenters. The molecule has 0 fully saturated rings. The average molecular weight is 245 g/mol. The molecule has 0 aliphatic carbocycles. The number of nitrogens with zero attached hydrogens (tertiary/aromatic N) is 1. The highest BCUT2D eigenvalue weighted by Crippen LogP contribution is 2.13. The highest BCUT2D eigenvalue weighted by molar-refractivity contribution is 6.46. The van der Waals surface area contributed by atoms with Crippen molar-refractivity contribution in [3.63, 3.8) is 0 Å². The molecule has 0 aromatic carbocycles. The van der Waals surface area contributed by atoms with Crippen LogP contribution in [0.1, 0.15) is 40.5 Å². The van der Waals surface area contributed by atoms with Gasteiger partial charge in [0.15, 0.2) is 5.73 Å². The Morgan fingerprint density at radius 2 is 1.69 bits per heavy atom. The lowest BCUT2D eigenvalue weighted by molar-refractivity contribution is 0.123. The van der Waals surface area contributed by atoms with Crippen LogP contribution >= 0.6 is 0 Å². The van der Waals surface area contributed by atoms with E-state index in [-0.39, 0.29) is 5.73 Å². The number of hydrogen-bond donors (Lipinski definition) is 0. The van der Waals surface area contributed by atoms with Crippen LogP contribution in [0.5, 0.6) is 0 Å². The first-order valence-electron chi connectivity index (χ1n) is 5.93. The molecule has 0 heterocycles. The Kier molecular flexibility index (Phi) is 9.29. The number of hydrogen-bond acceptors (Lipinski definition) is 4. The van der Waals surface area contributed by atoms with Crippen molar-refractivity contribution in [3.8, 4) is 6.26 Å². The predicted octanol–water partition coefficient (Wildman–Crippen LogP) is 2.12. The molecule has 0 aromatic rings. The topological polar surface area (TPSA) is 51.5 Å². The van der Waals surface area contributed by atoms with E-state index in [0.717, 1.165) is 12.8 Å². The molecule has 4 nitrogen and oxygen atoms in total. The van der Waals surface area contributed by atoms with E-state index in [1.807, 2.05) is 13.8 Å². The number of nitriles is 1. The molecular formula is C11H23NO3Si. The summed E-state index contributed by atoms with van der Waals surface area (Å²) in [6.07, 6.45) is 3.62. The lowest BCUT2D eigenvalue weighted by Gasteiger charge is -2.22. The SMILES string of the molecule is CCO[SiH](OCC)C(CCC(C)C)OC#N. The fourth-order valence-corrected chi connectivity index (χ4v) is 3.23. The summed E-state index contributed by atoms with van der Waals surface area (Å²) in [7, 11) is -1.87. The van der Waals surface area contributed by atoms with Gasteiger partial charge in [-0.05, 0) is 32.6 Å². The maximum atomic E-state index is 8.63. The van der Waals surface area contributed by atoms with Gasteiger partial charge in [-0.1, -0.05) is 13.8 Å². The third-order valence-corrected chi connectivity index (χ3v) is 4.60. The van der Waals surface area contributed by atoms with Gasteiger partial charge < -0.3 is 13.6 Å². The Hall–Kier alpha value is -0.573. The molecule has 94 valence electrons. The van der Waals surface area contributed by atoms with Gasteiger partial charge in [0.25, 0.3) is 6.26 Å². The molecule has 5 heteroatoms. The van der Waals surface area contributed by atoms with Crippen LogP contribution in [0.3, 0.4) is 0 Å². The molecule has 1 unspecified atom stereocenters. The molecule has 16 heavy (non-hydrogen) atoms. The van der Waals surface area contributed by atoms with Gasteiger partial charge in [-0.15, -0.1) is 0 Å².